The molecule has 62 heavy (non-hydrogen) atoms. The molecule has 0 aliphatic carbocycles. The van der Waals surface area contributed by atoms with E-state index < -0.39 is 0 Å². The SMILES string of the molecule is N=C(/C(=C1\NC(c2ccccc2)=Cc2ccccc21)c1ccc(-c2cc(-c3ccc(-c4cccc5c4oc4ccccc45)cc3)nc(-c3ccccc3)n2)cc1)c1ccccc1. The molecule has 3 heterocycles. The molecular weight excluding hydrogens is 757 g/mol. The molecule has 0 atom stereocenters. The molecule has 5 heteroatoms. The number of fused-ring (bicyclic) bond motifs is 4. The van der Waals surface area contributed by atoms with Crippen molar-refractivity contribution < 1.29 is 4.42 Å². The van der Waals surface area contributed by atoms with Crippen LogP contribution in [0.15, 0.2) is 217 Å². The molecule has 11 rings (SSSR count). The summed E-state index contributed by atoms with van der Waals surface area (Å²) in [5.41, 5.74) is 16.5. The van der Waals surface area contributed by atoms with E-state index in [0.29, 0.717) is 11.5 Å². The first-order valence-corrected chi connectivity index (χ1v) is 20.7. The quantitative estimate of drug-likeness (QED) is 0.150. The van der Waals surface area contributed by atoms with Crippen LogP contribution in [0.3, 0.4) is 0 Å². The molecule has 0 fully saturated rings. The molecule has 2 N–H and O–H groups in total. The monoisotopic (exact) mass is 794 g/mol. The van der Waals surface area contributed by atoms with Gasteiger partial charge in [-0.05, 0) is 40.5 Å². The predicted molar refractivity (Wildman–Crippen MR) is 255 cm³/mol. The lowest BCUT2D eigenvalue weighted by Gasteiger charge is -2.26. The number of aromatic nitrogens is 2. The minimum absolute atomic E-state index is 0.431. The summed E-state index contributed by atoms with van der Waals surface area (Å²) < 4.78 is 6.37. The number of benzene rings is 8. The fourth-order valence-corrected chi connectivity index (χ4v) is 8.44. The van der Waals surface area contributed by atoms with Gasteiger partial charge < -0.3 is 9.73 Å². The van der Waals surface area contributed by atoms with Crippen LogP contribution in [0.4, 0.5) is 0 Å². The molecule has 0 unspecified atom stereocenters. The van der Waals surface area contributed by atoms with Gasteiger partial charge in [0.05, 0.1) is 22.8 Å². The lowest BCUT2D eigenvalue weighted by molar-refractivity contribution is 0.670. The van der Waals surface area contributed by atoms with Crippen LogP contribution >= 0.6 is 0 Å². The lowest BCUT2D eigenvalue weighted by atomic mass is 9.87. The minimum Gasteiger partial charge on any atom is -0.455 e. The molecule has 0 spiro atoms. The largest absolute Gasteiger partial charge is 0.455 e. The van der Waals surface area contributed by atoms with Crippen molar-refractivity contribution in [3.8, 4) is 45.0 Å². The summed E-state index contributed by atoms with van der Waals surface area (Å²) in [5.74, 6) is 0.648. The van der Waals surface area contributed by atoms with Crippen molar-refractivity contribution in [1.82, 2.24) is 15.3 Å². The summed E-state index contributed by atoms with van der Waals surface area (Å²) in [6.07, 6.45) is 2.19. The van der Waals surface area contributed by atoms with Crippen molar-refractivity contribution in [2.45, 2.75) is 0 Å². The molecule has 1 aliphatic rings. The molecule has 2 aromatic heterocycles. The smallest absolute Gasteiger partial charge is 0.160 e. The third-order valence-electron chi connectivity index (χ3n) is 11.6. The first-order chi connectivity index (χ1) is 30.6. The van der Waals surface area contributed by atoms with Crippen molar-refractivity contribution in [3.05, 3.63) is 240 Å². The maximum Gasteiger partial charge on any atom is 0.160 e. The van der Waals surface area contributed by atoms with Crippen LogP contribution in [0.1, 0.15) is 27.8 Å². The number of nitrogens with one attached hydrogen (secondary N) is 2. The highest BCUT2D eigenvalue weighted by Crippen LogP contribution is 2.39. The fourth-order valence-electron chi connectivity index (χ4n) is 8.44. The Kier molecular flexibility index (Phi) is 9.25. The molecule has 10 aromatic rings. The molecule has 1 aliphatic heterocycles. The summed E-state index contributed by atoms with van der Waals surface area (Å²) in [6.45, 7) is 0. The number of hydrogen-bond donors (Lipinski definition) is 2. The molecule has 0 saturated carbocycles. The van der Waals surface area contributed by atoms with E-state index in [1.54, 1.807) is 0 Å². The highest BCUT2D eigenvalue weighted by molar-refractivity contribution is 6.36. The van der Waals surface area contributed by atoms with Crippen molar-refractivity contribution >= 4 is 50.7 Å². The van der Waals surface area contributed by atoms with Gasteiger partial charge in [0.25, 0.3) is 0 Å². The van der Waals surface area contributed by atoms with Crippen LogP contribution in [0, 0.1) is 5.41 Å². The molecule has 0 amide bonds. The van der Waals surface area contributed by atoms with Crippen LogP contribution in [-0.2, 0) is 0 Å². The van der Waals surface area contributed by atoms with Gasteiger partial charge in [0, 0.05) is 55.4 Å². The molecule has 0 saturated heterocycles. The molecule has 0 radical (unpaired) electrons. The standard InChI is InChI=1S/C57H38N4O/c58-54(42-17-6-2-7-18-42)53(55-45-22-11-10-21-44(45)35-49(59-55)38-15-4-1-5-16-38)41-33-31-40(32-34-41)51-36-50(60-57(61-51)43-19-8-3-9-20-43)39-29-27-37(28-30-39)46-24-14-25-48-47-23-12-13-26-52(47)62-56(46)48/h1-36,58-59H/b55-53-,58-54?. The Labute approximate surface area is 359 Å². The van der Waals surface area contributed by atoms with E-state index in [0.717, 1.165) is 106 Å². The summed E-state index contributed by atoms with van der Waals surface area (Å²) in [5, 5.41) is 15.7. The highest BCUT2D eigenvalue weighted by Gasteiger charge is 2.24. The second-order valence-corrected chi connectivity index (χ2v) is 15.4. The second kappa shape index (κ2) is 15.6. The third kappa shape index (κ3) is 6.78. The average Bonchev–Trinajstić information content (AvgIpc) is 3.74. The van der Waals surface area contributed by atoms with E-state index >= 15 is 0 Å². The van der Waals surface area contributed by atoms with Gasteiger partial charge in [0.2, 0.25) is 0 Å². The van der Waals surface area contributed by atoms with Crippen LogP contribution in [-0.4, -0.2) is 15.7 Å². The van der Waals surface area contributed by atoms with Crippen molar-refractivity contribution in [2.24, 2.45) is 0 Å². The molecule has 8 aromatic carbocycles. The number of hydrogen-bond acceptors (Lipinski definition) is 5. The Hall–Kier alpha value is -8.41. The average molecular weight is 795 g/mol. The van der Waals surface area contributed by atoms with Crippen molar-refractivity contribution in [1.29, 1.82) is 5.41 Å². The van der Waals surface area contributed by atoms with E-state index in [9.17, 15) is 5.41 Å². The molecular formula is C57H38N4O. The first kappa shape index (κ1) is 36.7. The Morgan fingerprint density at radius 2 is 1.02 bits per heavy atom. The van der Waals surface area contributed by atoms with E-state index in [2.05, 4.69) is 139 Å². The van der Waals surface area contributed by atoms with Gasteiger partial charge in [0.15, 0.2) is 5.82 Å². The Morgan fingerprint density at radius 3 is 1.74 bits per heavy atom. The first-order valence-electron chi connectivity index (χ1n) is 20.7. The van der Waals surface area contributed by atoms with Gasteiger partial charge in [0.1, 0.15) is 11.2 Å². The van der Waals surface area contributed by atoms with Crippen molar-refractivity contribution in [2.75, 3.05) is 0 Å². The van der Waals surface area contributed by atoms with E-state index in [1.807, 2.05) is 84.9 Å². The Morgan fingerprint density at radius 1 is 0.452 bits per heavy atom. The lowest BCUT2D eigenvalue weighted by Crippen LogP contribution is -2.20. The number of rotatable bonds is 8. The van der Waals surface area contributed by atoms with E-state index in [4.69, 9.17) is 14.4 Å². The minimum atomic E-state index is 0.431. The summed E-state index contributed by atoms with van der Waals surface area (Å²) in [6, 6.07) is 72.4. The predicted octanol–water partition coefficient (Wildman–Crippen LogP) is 14.1. The maximum absolute atomic E-state index is 9.73. The van der Waals surface area contributed by atoms with Crippen LogP contribution in [0.25, 0.3) is 90.0 Å². The number of nitrogens with zero attached hydrogens (tertiary/aromatic N) is 2. The topological polar surface area (TPSA) is 74.8 Å². The normalized spacial score (nSPS) is 13.0. The van der Waals surface area contributed by atoms with Crippen LogP contribution in [0.5, 0.6) is 0 Å². The van der Waals surface area contributed by atoms with E-state index in [-0.39, 0.29) is 0 Å². The fraction of sp³-hybridized carbons (Fsp3) is 0. The zero-order valence-electron chi connectivity index (χ0n) is 33.6. The third-order valence-corrected chi connectivity index (χ3v) is 11.6. The zero-order valence-corrected chi connectivity index (χ0v) is 33.6. The van der Waals surface area contributed by atoms with Gasteiger partial charge >= 0.3 is 0 Å². The number of para-hydroxylation sites is 2. The molecule has 292 valence electrons. The molecule has 0 bridgehead atoms. The summed E-state index contributed by atoms with van der Waals surface area (Å²) in [4.78, 5) is 10.3. The van der Waals surface area contributed by atoms with Crippen molar-refractivity contribution in [3.63, 3.8) is 0 Å². The second-order valence-electron chi connectivity index (χ2n) is 15.4. The highest BCUT2D eigenvalue weighted by atomic mass is 16.3. The molecule has 5 nitrogen and oxygen atoms in total. The summed E-state index contributed by atoms with van der Waals surface area (Å²) in [7, 11) is 0. The number of allylic oxidation sites excluding steroid dienone is 1. The zero-order chi connectivity index (χ0) is 41.4. The van der Waals surface area contributed by atoms with Crippen LogP contribution < -0.4 is 5.32 Å². The van der Waals surface area contributed by atoms with Gasteiger partial charge in [-0.1, -0.05) is 200 Å². The number of furan rings is 1. The van der Waals surface area contributed by atoms with Gasteiger partial charge in [-0.15, -0.1) is 0 Å². The Balaban J connectivity index is 1.00. The summed E-state index contributed by atoms with van der Waals surface area (Å²) >= 11 is 0. The van der Waals surface area contributed by atoms with E-state index in [1.165, 1.54) is 0 Å². The van der Waals surface area contributed by atoms with Gasteiger partial charge in [-0.3, -0.25) is 5.41 Å². The van der Waals surface area contributed by atoms with Crippen LogP contribution in [0.2, 0.25) is 0 Å². The maximum atomic E-state index is 9.73. The Bertz CT molecular complexity index is 3350. The van der Waals surface area contributed by atoms with Gasteiger partial charge in [-0.25, -0.2) is 9.97 Å². The van der Waals surface area contributed by atoms with Gasteiger partial charge in [-0.2, -0.15) is 0 Å².